The molecule has 10 nitrogen and oxygen atoms in total. The number of carboxylic acids is 1. The number of fused-ring (bicyclic) bond motifs is 4. The lowest BCUT2D eigenvalue weighted by atomic mass is 10.0. The summed E-state index contributed by atoms with van der Waals surface area (Å²) >= 11 is 3.90. The second-order valence-corrected chi connectivity index (χ2v) is 11.9. The van der Waals surface area contributed by atoms with Crippen molar-refractivity contribution in [2.24, 2.45) is 0 Å². The van der Waals surface area contributed by atoms with Gasteiger partial charge >= 0.3 is 5.97 Å². The van der Waals surface area contributed by atoms with Gasteiger partial charge in [-0.1, -0.05) is 30.0 Å². The number of nitrogens with zero attached hydrogens (tertiary/aromatic N) is 2. The summed E-state index contributed by atoms with van der Waals surface area (Å²) in [6.45, 7) is -0.142. The molecule has 0 radical (unpaired) electrons. The quantitative estimate of drug-likeness (QED) is 0.244. The molecule has 4 aromatic rings. The van der Waals surface area contributed by atoms with E-state index in [0.717, 1.165) is 15.7 Å². The molecule has 4 heterocycles. The number of thiazole rings is 1. The van der Waals surface area contributed by atoms with E-state index in [4.69, 9.17) is 10.2 Å². The Labute approximate surface area is 227 Å². The minimum absolute atomic E-state index is 0.0122. The third-order valence-corrected chi connectivity index (χ3v) is 9.59. The summed E-state index contributed by atoms with van der Waals surface area (Å²) in [6.07, 6.45) is -0.0122. The molecule has 1 fully saturated rings. The minimum atomic E-state index is -1.20. The number of carboxylic acid groups (broad SMARTS) is 1. The summed E-state index contributed by atoms with van der Waals surface area (Å²) < 4.78 is 6.01. The van der Waals surface area contributed by atoms with Gasteiger partial charge in [-0.25, -0.2) is 9.78 Å². The van der Waals surface area contributed by atoms with Gasteiger partial charge in [-0.15, -0.1) is 23.1 Å². The first-order chi connectivity index (χ1) is 18.3. The van der Waals surface area contributed by atoms with Crippen LogP contribution in [0.25, 0.3) is 21.9 Å². The Kier molecular flexibility index (Phi) is 6.30. The van der Waals surface area contributed by atoms with Crippen LogP contribution in [-0.4, -0.2) is 55.0 Å². The Hall–Kier alpha value is -3.52. The van der Waals surface area contributed by atoms with Crippen molar-refractivity contribution in [3.63, 3.8) is 0 Å². The average molecular weight is 569 g/mol. The summed E-state index contributed by atoms with van der Waals surface area (Å²) in [5.74, 6) is -1.68. The van der Waals surface area contributed by atoms with E-state index in [1.807, 2.05) is 30.3 Å². The molecule has 0 saturated carbocycles. The lowest BCUT2D eigenvalue weighted by Gasteiger charge is -2.49. The van der Waals surface area contributed by atoms with Gasteiger partial charge in [-0.2, -0.15) is 0 Å². The Balaban J connectivity index is 1.23. The maximum absolute atomic E-state index is 13.0. The standard InChI is InChI=1S/C25H20N4O6S3/c26-25-27-12(9-37-25)6-18(31)28-19-22(32)29-20(24(33)34)17(10-36-23(19)29)38-13-4-5-14-15-3-1-2-11(8-30)21(15)35-16(14)7-13/h1-5,7,9,19,23,30H,6,8,10H2,(H2,26,27)(H,28,31)(H,33,34)/t19-,23-/m1/s1. The van der Waals surface area contributed by atoms with Crippen LogP contribution in [0.1, 0.15) is 11.3 Å². The molecule has 1 saturated heterocycles. The third kappa shape index (κ3) is 4.21. The van der Waals surface area contributed by atoms with Gasteiger partial charge in [0.15, 0.2) is 5.13 Å². The van der Waals surface area contributed by atoms with E-state index in [1.54, 1.807) is 11.4 Å². The van der Waals surface area contributed by atoms with Crippen LogP contribution < -0.4 is 11.1 Å². The second kappa shape index (κ2) is 9.66. The first-order valence-electron chi connectivity index (χ1n) is 11.5. The van der Waals surface area contributed by atoms with Crippen molar-refractivity contribution in [2.75, 3.05) is 11.5 Å². The highest BCUT2D eigenvalue weighted by atomic mass is 32.2. The summed E-state index contributed by atoms with van der Waals surface area (Å²) in [4.78, 5) is 44.2. The molecule has 194 valence electrons. The molecule has 13 heteroatoms. The number of nitrogen functional groups attached to an aromatic ring is 1. The van der Waals surface area contributed by atoms with Gasteiger partial charge in [0, 0.05) is 37.3 Å². The molecule has 2 aliphatic rings. The predicted octanol–water partition coefficient (Wildman–Crippen LogP) is 3.15. The van der Waals surface area contributed by atoms with Crippen LogP contribution in [0.3, 0.4) is 0 Å². The molecule has 38 heavy (non-hydrogen) atoms. The van der Waals surface area contributed by atoms with Crippen molar-refractivity contribution in [2.45, 2.75) is 29.3 Å². The van der Waals surface area contributed by atoms with Crippen LogP contribution in [0.5, 0.6) is 0 Å². The number of aromatic nitrogens is 1. The number of amides is 2. The molecule has 2 aromatic carbocycles. The van der Waals surface area contributed by atoms with Crippen LogP contribution in [-0.2, 0) is 27.4 Å². The molecule has 2 atom stereocenters. The molecule has 2 aromatic heterocycles. The van der Waals surface area contributed by atoms with Crippen molar-refractivity contribution in [1.29, 1.82) is 0 Å². The smallest absolute Gasteiger partial charge is 0.353 e. The highest BCUT2D eigenvalue weighted by molar-refractivity contribution is 8.06. The monoisotopic (exact) mass is 568 g/mol. The van der Waals surface area contributed by atoms with Crippen molar-refractivity contribution in [1.82, 2.24) is 15.2 Å². The van der Waals surface area contributed by atoms with Crippen LogP contribution in [0, 0.1) is 0 Å². The number of anilines is 1. The van der Waals surface area contributed by atoms with E-state index in [-0.39, 0.29) is 24.6 Å². The van der Waals surface area contributed by atoms with Gasteiger partial charge in [-0.3, -0.25) is 14.5 Å². The Morgan fingerprint density at radius 1 is 1.26 bits per heavy atom. The molecule has 6 rings (SSSR count). The number of aliphatic carboxylic acids is 1. The maximum atomic E-state index is 13.0. The number of para-hydroxylation sites is 1. The number of carbonyl (C=O) groups is 3. The number of thioether (sulfide) groups is 2. The van der Waals surface area contributed by atoms with E-state index in [1.165, 1.54) is 39.8 Å². The van der Waals surface area contributed by atoms with Gasteiger partial charge in [0.25, 0.3) is 5.91 Å². The average Bonchev–Trinajstić information content (AvgIpc) is 3.48. The van der Waals surface area contributed by atoms with Gasteiger partial charge in [-0.05, 0) is 18.2 Å². The number of aliphatic hydroxyl groups excluding tert-OH is 1. The lowest BCUT2D eigenvalue weighted by molar-refractivity contribution is -0.150. The fraction of sp³-hybridized carbons (Fsp3) is 0.200. The minimum Gasteiger partial charge on any atom is -0.477 e. The largest absolute Gasteiger partial charge is 0.477 e. The summed E-state index contributed by atoms with van der Waals surface area (Å²) in [7, 11) is 0. The summed E-state index contributed by atoms with van der Waals surface area (Å²) in [5.41, 5.74) is 7.97. The van der Waals surface area contributed by atoms with E-state index in [0.29, 0.717) is 38.2 Å². The number of furan rings is 1. The van der Waals surface area contributed by atoms with Gasteiger partial charge in [0.2, 0.25) is 5.91 Å². The zero-order valence-electron chi connectivity index (χ0n) is 19.5. The van der Waals surface area contributed by atoms with Crippen LogP contribution in [0.2, 0.25) is 0 Å². The third-order valence-electron chi connectivity index (χ3n) is 6.33. The number of hydrogen-bond acceptors (Lipinski definition) is 10. The van der Waals surface area contributed by atoms with Crippen molar-refractivity contribution >= 4 is 79.7 Å². The summed E-state index contributed by atoms with van der Waals surface area (Å²) in [6, 6.07) is 10.4. The van der Waals surface area contributed by atoms with Crippen molar-refractivity contribution < 1.29 is 29.0 Å². The number of aliphatic hydroxyl groups is 1. The Bertz CT molecular complexity index is 1660. The number of benzene rings is 2. The zero-order chi connectivity index (χ0) is 26.6. The van der Waals surface area contributed by atoms with E-state index in [9.17, 15) is 24.6 Å². The first-order valence-corrected chi connectivity index (χ1v) is 14.2. The van der Waals surface area contributed by atoms with E-state index in [2.05, 4.69) is 10.3 Å². The normalized spacial score (nSPS) is 19.1. The van der Waals surface area contributed by atoms with Gasteiger partial charge in [0.1, 0.15) is 28.3 Å². The number of β-lactam (4-membered cyclic amide) rings is 1. The SMILES string of the molecule is Nc1nc(CC(=O)N[C@@H]2C(=O)N3C(C(=O)O)=C(Sc4ccc5c(c4)oc4c(CO)cccc45)CS[C@H]23)cs1. The van der Waals surface area contributed by atoms with Crippen LogP contribution in [0.15, 0.2) is 61.7 Å². The van der Waals surface area contributed by atoms with Crippen LogP contribution in [0.4, 0.5) is 5.13 Å². The van der Waals surface area contributed by atoms with Gasteiger partial charge < -0.3 is 25.7 Å². The first kappa shape index (κ1) is 24.8. The molecule has 0 aliphatic carbocycles. The number of hydrogen-bond donors (Lipinski definition) is 4. The van der Waals surface area contributed by atoms with Crippen LogP contribution >= 0.6 is 34.9 Å². The highest BCUT2D eigenvalue weighted by Crippen LogP contribution is 2.46. The fourth-order valence-corrected chi connectivity index (χ4v) is 7.69. The topological polar surface area (TPSA) is 159 Å². The molecule has 5 N–H and O–H groups in total. The lowest BCUT2D eigenvalue weighted by Crippen LogP contribution is -2.70. The molecule has 2 aliphatic heterocycles. The Morgan fingerprint density at radius 3 is 2.84 bits per heavy atom. The second-order valence-electron chi connectivity index (χ2n) is 8.70. The van der Waals surface area contributed by atoms with Gasteiger partial charge in [0.05, 0.1) is 18.7 Å². The Morgan fingerprint density at radius 2 is 2.11 bits per heavy atom. The number of carbonyl (C=O) groups excluding carboxylic acids is 2. The fourth-order valence-electron chi connectivity index (χ4n) is 4.63. The molecule has 0 unspecified atom stereocenters. The van der Waals surface area contributed by atoms with E-state index < -0.39 is 23.3 Å². The highest BCUT2D eigenvalue weighted by Gasteiger charge is 2.54. The summed E-state index contributed by atoms with van der Waals surface area (Å²) in [5, 5.41) is 25.7. The van der Waals surface area contributed by atoms with Crippen molar-refractivity contribution in [3.05, 3.63) is 63.6 Å². The number of nitrogens with two attached hydrogens (primary N) is 1. The number of rotatable bonds is 7. The van der Waals surface area contributed by atoms with Crippen molar-refractivity contribution in [3.8, 4) is 0 Å². The molecule has 0 bridgehead atoms. The van der Waals surface area contributed by atoms with E-state index >= 15 is 0 Å². The zero-order valence-corrected chi connectivity index (χ0v) is 22.0. The molecular formula is C25H20N4O6S3. The molecule has 2 amide bonds. The maximum Gasteiger partial charge on any atom is 0.353 e. The molecule has 0 spiro atoms. The molecular weight excluding hydrogens is 548 g/mol. The number of nitrogens with one attached hydrogen (secondary N) is 1. The predicted molar refractivity (Wildman–Crippen MR) is 145 cm³/mol.